The lowest BCUT2D eigenvalue weighted by Crippen LogP contribution is -2.39. The smallest absolute Gasteiger partial charge is 0.0369 e. The molecule has 106 valence electrons. The summed E-state index contributed by atoms with van der Waals surface area (Å²) in [6, 6.07) is 2.75. The molecule has 0 aliphatic heterocycles. The van der Waals surface area contributed by atoms with E-state index in [1.807, 2.05) is 12.4 Å². The first-order valence-corrected chi connectivity index (χ1v) is 7.69. The van der Waals surface area contributed by atoms with Crippen molar-refractivity contribution in [3.8, 4) is 0 Å². The van der Waals surface area contributed by atoms with Gasteiger partial charge in [0.25, 0.3) is 0 Å². The summed E-state index contributed by atoms with van der Waals surface area (Å²) in [6.07, 6.45) is 9.42. The molecule has 1 aliphatic rings. The Morgan fingerprint density at radius 3 is 2.79 bits per heavy atom. The molecule has 2 heteroatoms. The molecule has 1 heterocycles. The zero-order chi connectivity index (χ0) is 13.9. The summed E-state index contributed by atoms with van der Waals surface area (Å²) in [5.41, 5.74) is 3.05. The average molecular weight is 260 g/mol. The quantitative estimate of drug-likeness (QED) is 0.875. The van der Waals surface area contributed by atoms with Crippen molar-refractivity contribution in [1.82, 2.24) is 10.3 Å². The molecule has 2 unspecified atom stereocenters. The van der Waals surface area contributed by atoms with Crippen molar-refractivity contribution < 1.29 is 0 Å². The summed E-state index contributed by atoms with van der Waals surface area (Å²) < 4.78 is 0. The molecule has 0 radical (unpaired) electrons. The lowest BCUT2D eigenvalue weighted by atomic mass is 9.65. The molecule has 1 aromatic heterocycles. The second-order valence-electron chi connectivity index (χ2n) is 6.67. The highest BCUT2D eigenvalue weighted by molar-refractivity contribution is 5.21. The van der Waals surface area contributed by atoms with Gasteiger partial charge in [-0.2, -0.15) is 0 Å². The maximum absolute atomic E-state index is 4.39. The van der Waals surface area contributed by atoms with Crippen LogP contribution in [-0.4, -0.2) is 11.5 Å². The topological polar surface area (TPSA) is 24.9 Å². The summed E-state index contributed by atoms with van der Waals surface area (Å²) in [4.78, 5) is 4.39. The number of aromatic nitrogens is 1. The van der Waals surface area contributed by atoms with Crippen LogP contribution in [0.4, 0.5) is 0 Å². The lowest BCUT2D eigenvalue weighted by molar-refractivity contribution is 0.0987. The number of rotatable bonds is 4. The van der Waals surface area contributed by atoms with Crippen molar-refractivity contribution in [2.75, 3.05) is 6.54 Å². The second-order valence-corrected chi connectivity index (χ2v) is 6.67. The molecule has 2 atom stereocenters. The highest BCUT2D eigenvalue weighted by Crippen LogP contribution is 2.46. The monoisotopic (exact) mass is 260 g/mol. The van der Waals surface area contributed by atoms with Crippen molar-refractivity contribution in [1.29, 1.82) is 0 Å². The third kappa shape index (κ3) is 3.36. The predicted molar refractivity (Wildman–Crippen MR) is 81.1 cm³/mol. The van der Waals surface area contributed by atoms with Crippen LogP contribution >= 0.6 is 0 Å². The third-order valence-electron chi connectivity index (χ3n) is 4.67. The fourth-order valence-electron chi connectivity index (χ4n) is 3.60. The lowest BCUT2D eigenvalue weighted by Gasteiger charge is -2.43. The molecule has 1 saturated carbocycles. The fraction of sp³-hybridized carbons (Fsp3) is 0.706. The fourth-order valence-corrected chi connectivity index (χ4v) is 3.60. The molecule has 0 bridgehead atoms. The molecule has 0 amide bonds. The van der Waals surface area contributed by atoms with Crippen LogP contribution in [-0.2, 0) is 0 Å². The minimum atomic E-state index is 0.425. The number of nitrogens with zero attached hydrogens (tertiary/aromatic N) is 1. The Bertz CT molecular complexity index is 411. The maximum Gasteiger partial charge on any atom is 0.0369 e. The van der Waals surface area contributed by atoms with Gasteiger partial charge in [0.05, 0.1) is 0 Å². The first-order valence-electron chi connectivity index (χ1n) is 7.69. The van der Waals surface area contributed by atoms with Gasteiger partial charge in [-0.1, -0.05) is 39.7 Å². The van der Waals surface area contributed by atoms with Crippen molar-refractivity contribution in [3.63, 3.8) is 0 Å². The molecule has 1 aromatic rings. The molecule has 0 aromatic carbocycles. The van der Waals surface area contributed by atoms with Crippen LogP contribution in [0.15, 0.2) is 18.5 Å². The third-order valence-corrected chi connectivity index (χ3v) is 4.67. The van der Waals surface area contributed by atoms with Gasteiger partial charge in [-0.05, 0) is 48.8 Å². The molecule has 2 rings (SSSR count). The standard InChI is InChI=1S/C17H28N2/c1-5-19-16(14-10-13(2)11-18-12-14)15-8-6-7-9-17(15,3)4/h10-12,15-16,19H,5-9H2,1-4H3. The Balaban J connectivity index is 2.28. The summed E-state index contributed by atoms with van der Waals surface area (Å²) >= 11 is 0. The van der Waals surface area contributed by atoms with Gasteiger partial charge in [-0.3, -0.25) is 4.98 Å². The minimum Gasteiger partial charge on any atom is -0.310 e. The summed E-state index contributed by atoms with van der Waals surface area (Å²) in [5.74, 6) is 0.713. The van der Waals surface area contributed by atoms with E-state index >= 15 is 0 Å². The van der Waals surface area contributed by atoms with Crippen LogP contribution in [0.3, 0.4) is 0 Å². The van der Waals surface area contributed by atoms with Gasteiger partial charge in [0.2, 0.25) is 0 Å². The maximum atomic E-state index is 4.39. The van der Waals surface area contributed by atoms with Crippen molar-refractivity contribution in [2.24, 2.45) is 11.3 Å². The van der Waals surface area contributed by atoms with Gasteiger partial charge in [0.15, 0.2) is 0 Å². The van der Waals surface area contributed by atoms with Crippen molar-refractivity contribution in [3.05, 3.63) is 29.6 Å². The van der Waals surface area contributed by atoms with Crippen LogP contribution < -0.4 is 5.32 Å². The minimum absolute atomic E-state index is 0.425. The summed E-state index contributed by atoms with van der Waals surface area (Å²) in [5, 5.41) is 3.71. The molecule has 0 saturated heterocycles. The van der Waals surface area contributed by atoms with E-state index in [0.29, 0.717) is 17.4 Å². The first-order chi connectivity index (χ1) is 9.04. The average Bonchev–Trinajstić information content (AvgIpc) is 2.36. The van der Waals surface area contributed by atoms with E-state index in [4.69, 9.17) is 0 Å². The summed E-state index contributed by atoms with van der Waals surface area (Å²) in [6.45, 7) is 10.2. The Kier molecular flexibility index (Phi) is 4.62. The largest absolute Gasteiger partial charge is 0.310 e. The Morgan fingerprint density at radius 1 is 1.37 bits per heavy atom. The molecule has 1 aliphatic carbocycles. The number of hydrogen-bond donors (Lipinski definition) is 1. The molecular weight excluding hydrogens is 232 g/mol. The Morgan fingerprint density at radius 2 is 2.16 bits per heavy atom. The van der Waals surface area contributed by atoms with Crippen LogP contribution in [0.1, 0.15) is 63.6 Å². The van der Waals surface area contributed by atoms with E-state index in [9.17, 15) is 0 Å². The van der Waals surface area contributed by atoms with Gasteiger partial charge < -0.3 is 5.32 Å². The predicted octanol–water partition coefficient (Wildman–Crippen LogP) is 4.26. The van der Waals surface area contributed by atoms with Crippen molar-refractivity contribution >= 4 is 0 Å². The summed E-state index contributed by atoms with van der Waals surface area (Å²) in [7, 11) is 0. The number of aryl methyl sites for hydroxylation is 1. The highest BCUT2D eigenvalue weighted by Gasteiger charge is 2.37. The van der Waals surface area contributed by atoms with E-state index in [-0.39, 0.29) is 0 Å². The van der Waals surface area contributed by atoms with E-state index in [0.717, 1.165) is 6.54 Å². The van der Waals surface area contributed by atoms with Crippen LogP contribution in [0.5, 0.6) is 0 Å². The molecule has 1 N–H and O–H groups in total. The highest BCUT2D eigenvalue weighted by atomic mass is 14.9. The number of nitrogens with one attached hydrogen (secondary N) is 1. The Labute approximate surface area is 118 Å². The van der Waals surface area contributed by atoms with E-state index in [1.54, 1.807) is 0 Å². The molecule has 1 fully saturated rings. The van der Waals surface area contributed by atoms with Gasteiger partial charge in [-0.25, -0.2) is 0 Å². The van der Waals surface area contributed by atoms with Gasteiger partial charge in [-0.15, -0.1) is 0 Å². The van der Waals surface area contributed by atoms with E-state index in [1.165, 1.54) is 36.8 Å². The van der Waals surface area contributed by atoms with Gasteiger partial charge in [0.1, 0.15) is 0 Å². The van der Waals surface area contributed by atoms with E-state index < -0.39 is 0 Å². The van der Waals surface area contributed by atoms with Crippen LogP contribution in [0, 0.1) is 18.3 Å². The normalized spacial score (nSPS) is 24.1. The van der Waals surface area contributed by atoms with Gasteiger partial charge in [0, 0.05) is 18.4 Å². The van der Waals surface area contributed by atoms with E-state index in [2.05, 4.69) is 44.1 Å². The first kappa shape index (κ1) is 14.5. The molecule has 0 spiro atoms. The zero-order valence-electron chi connectivity index (χ0n) is 12.9. The second kappa shape index (κ2) is 6.04. The zero-order valence-corrected chi connectivity index (χ0v) is 12.9. The van der Waals surface area contributed by atoms with Crippen LogP contribution in [0.2, 0.25) is 0 Å². The van der Waals surface area contributed by atoms with Crippen LogP contribution in [0.25, 0.3) is 0 Å². The van der Waals surface area contributed by atoms with Crippen molar-refractivity contribution in [2.45, 2.75) is 59.4 Å². The molecule has 2 nitrogen and oxygen atoms in total. The number of hydrogen-bond acceptors (Lipinski definition) is 2. The number of pyridine rings is 1. The SMILES string of the molecule is CCNC(c1cncc(C)c1)C1CCCCC1(C)C. The molecule has 19 heavy (non-hydrogen) atoms. The Hall–Kier alpha value is -0.890. The van der Waals surface area contributed by atoms with Gasteiger partial charge >= 0.3 is 0 Å². The molecular formula is C17H28N2.